The van der Waals surface area contributed by atoms with Crippen molar-refractivity contribution in [3.8, 4) is 0 Å². The molecule has 1 saturated heterocycles. The zero-order valence-electron chi connectivity index (χ0n) is 12.0. The van der Waals surface area contributed by atoms with E-state index in [4.69, 9.17) is 0 Å². The van der Waals surface area contributed by atoms with Crippen molar-refractivity contribution in [2.24, 2.45) is 5.41 Å². The molecular weight excluding hydrogens is 258 g/mol. The molecule has 0 aromatic carbocycles. The van der Waals surface area contributed by atoms with Crippen molar-refractivity contribution in [1.82, 2.24) is 15.6 Å². The van der Waals surface area contributed by atoms with Gasteiger partial charge < -0.3 is 10.6 Å². The van der Waals surface area contributed by atoms with Crippen LogP contribution in [0.5, 0.6) is 0 Å². The topological polar surface area (TPSA) is 54.0 Å². The number of carbonyl (C=O) groups is 1. The summed E-state index contributed by atoms with van der Waals surface area (Å²) in [5, 5.41) is 9.50. The molecule has 19 heavy (non-hydrogen) atoms. The molecule has 0 spiro atoms. The fourth-order valence-electron chi connectivity index (χ4n) is 2.61. The van der Waals surface area contributed by atoms with Crippen LogP contribution in [0.2, 0.25) is 0 Å². The summed E-state index contributed by atoms with van der Waals surface area (Å²) in [4.78, 5) is 17.0. The molecule has 1 aliphatic rings. The van der Waals surface area contributed by atoms with Crippen molar-refractivity contribution in [2.45, 2.75) is 46.1 Å². The van der Waals surface area contributed by atoms with E-state index in [1.165, 1.54) is 0 Å². The van der Waals surface area contributed by atoms with E-state index in [0.29, 0.717) is 0 Å². The molecule has 0 radical (unpaired) electrons. The van der Waals surface area contributed by atoms with Crippen LogP contribution in [0, 0.1) is 12.3 Å². The van der Waals surface area contributed by atoms with Crippen LogP contribution in [-0.4, -0.2) is 24.0 Å². The van der Waals surface area contributed by atoms with Crippen LogP contribution in [0.15, 0.2) is 5.38 Å². The summed E-state index contributed by atoms with van der Waals surface area (Å²) >= 11 is 1.61. The summed E-state index contributed by atoms with van der Waals surface area (Å²) in [6.45, 7) is 7.91. The zero-order chi connectivity index (χ0) is 13.9. The predicted molar refractivity (Wildman–Crippen MR) is 78.2 cm³/mol. The average molecular weight is 281 g/mol. The van der Waals surface area contributed by atoms with Gasteiger partial charge in [-0.15, -0.1) is 11.3 Å². The van der Waals surface area contributed by atoms with Gasteiger partial charge in [0, 0.05) is 17.6 Å². The minimum absolute atomic E-state index is 0.00319. The van der Waals surface area contributed by atoms with E-state index in [1.807, 2.05) is 19.2 Å². The van der Waals surface area contributed by atoms with Crippen LogP contribution in [0.25, 0.3) is 0 Å². The molecule has 106 valence electrons. The van der Waals surface area contributed by atoms with Crippen molar-refractivity contribution in [2.75, 3.05) is 13.1 Å². The molecule has 1 amide bonds. The van der Waals surface area contributed by atoms with Gasteiger partial charge in [0.1, 0.15) is 5.01 Å². The first-order valence-electron chi connectivity index (χ1n) is 7.01. The van der Waals surface area contributed by atoms with E-state index in [2.05, 4.69) is 22.5 Å². The van der Waals surface area contributed by atoms with Gasteiger partial charge in [0.05, 0.1) is 11.5 Å². The van der Waals surface area contributed by atoms with Crippen LogP contribution >= 0.6 is 11.3 Å². The van der Waals surface area contributed by atoms with Crippen LogP contribution in [0.4, 0.5) is 0 Å². The number of rotatable bonds is 4. The fourth-order valence-corrected chi connectivity index (χ4v) is 3.41. The Kier molecular flexibility index (Phi) is 4.58. The van der Waals surface area contributed by atoms with Crippen molar-refractivity contribution in [1.29, 1.82) is 0 Å². The molecule has 2 N–H and O–H groups in total. The second-order valence-electron chi connectivity index (χ2n) is 5.44. The Hall–Kier alpha value is -0.940. The third kappa shape index (κ3) is 3.15. The molecule has 0 aliphatic carbocycles. The Morgan fingerprint density at radius 1 is 1.68 bits per heavy atom. The summed E-state index contributed by atoms with van der Waals surface area (Å²) in [7, 11) is 0. The summed E-state index contributed by atoms with van der Waals surface area (Å²) < 4.78 is 0. The maximum absolute atomic E-state index is 12.6. The molecule has 2 unspecified atom stereocenters. The van der Waals surface area contributed by atoms with E-state index in [-0.39, 0.29) is 17.4 Å². The standard InChI is InChI=1S/C14H23N3OS/c1-4-14(6-5-7-15-9-14)13(18)17-11(3)12-16-10(2)8-19-12/h8,11,15H,4-7,9H2,1-3H3,(H,17,18). The first-order valence-corrected chi connectivity index (χ1v) is 7.89. The second-order valence-corrected chi connectivity index (χ2v) is 6.33. The molecule has 1 aliphatic heterocycles. The van der Waals surface area contributed by atoms with Gasteiger partial charge in [0.15, 0.2) is 0 Å². The number of thiazole rings is 1. The molecule has 1 aromatic rings. The van der Waals surface area contributed by atoms with Gasteiger partial charge in [0.25, 0.3) is 0 Å². The molecular formula is C14H23N3OS. The third-order valence-electron chi connectivity index (χ3n) is 3.99. The fraction of sp³-hybridized carbons (Fsp3) is 0.714. The summed E-state index contributed by atoms with van der Waals surface area (Å²) in [6.07, 6.45) is 2.94. The summed E-state index contributed by atoms with van der Waals surface area (Å²) in [5.41, 5.74) is 0.782. The molecule has 5 heteroatoms. The van der Waals surface area contributed by atoms with Gasteiger partial charge in [-0.1, -0.05) is 6.92 Å². The minimum Gasteiger partial charge on any atom is -0.347 e. The second kappa shape index (κ2) is 6.01. The Balaban J connectivity index is 2.03. The lowest BCUT2D eigenvalue weighted by molar-refractivity contribution is -0.133. The third-order valence-corrected chi connectivity index (χ3v) is 5.13. The van der Waals surface area contributed by atoms with E-state index < -0.39 is 0 Å². The van der Waals surface area contributed by atoms with Gasteiger partial charge in [-0.2, -0.15) is 0 Å². The highest BCUT2D eigenvalue weighted by Crippen LogP contribution is 2.31. The largest absolute Gasteiger partial charge is 0.347 e. The average Bonchev–Trinajstić information content (AvgIpc) is 2.86. The van der Waals surface area contributed by atoms with E-state index in [1.54, 1.807) is 11.3 Å². The molecule has 0 saturated carbocycles. The van der Waals surface area contributed by atoms with Crippen molar-refractivity contribution in [3.05, 3.63) is 16.1 Å². The lowest BCUT2D eigenvalue weighted by Gasteiger charge is -2.36. The molecule has 1 aromatic heterocycles. The Morgan fingerprint density at radius 3 is 3.00 bits per heavy atom. The molecule has 1 fully saturated rings. The number of nitrogens with zero attached hydrogens (tertiary/aromatic N) is 1. The first kappa shape index (κ1) is 14.5. The number of amides is 1. The molecule has 4 nitrogen and oxygen atoms in total. The van der Waals surface area contributed by atoms with E-state index in [0.717, 1.165) is 43.1 Å². The smallest absolute Gasteiger partial charge is 0.228 e. The number of aromatic nitrogens is 1. The SMILES string of the molecule is CCC1(C(=O)NC(C)c2nc(C)cs2)CCCNC1. The maximum Gasteiger partial charge on any atom is 0.228 e. The number of aryl methyl sites for hydroxylation is 1. The van der Waals surface area contributed by atoms with Crippen molar-refractivity contribution >= 4 is 17.2 Å². The van der Waals surface area contributed by atoms with E-state index in [9.17, 15) is 4.79 Å². The van der Waals surface area contributed by atoms with Gasteiger partial charge in [-0.25, -0.2) is 4.98 Å². The first-order chi connectivity index (χ1) is 9.07. The van der Waals surface area contributed by atoms with Crippen LogP contribution < -0.4 is 10.6 Å². The predicted octanol–water partition coefficient (Wildman–Crippen LogP) is 2.41. The molecule has 2 heterocycles. The van der Waals surface area contributed by atoms with Crippen molar-refractivity contribution < 1.29 is 4.79 Å². The Morgan fingerprint density at radius 2 is 2.47 bits per heavy atom. The number of nitrogens with one attached hydrogen (secondary N) is 2. The summed E-state index contributed by atoms with van der Waals surface area (Å²) in [6, 6.07) is -0.00319. The van der Waals surface area contributed by atoms with Gasteiger partial charge in [-0.05, 0) is 39.7 Å². The van der Waals surface area contributed by atoms with Crippen molar-refractivity contribution in [3.63, 3.8) is 0 Å². The van der Waals surface area contributed by atoms with Gasteiger partial charge >= 0.3 is 0 Å². The quantitative estimate of drug-likeness (QED) is 0.891. The molecule has 0 bridgehead atoms. The van der Waals surface area contributed by atoms with Crippen LogP contribution in [-0.2, 0) is 4.79 Å². The highest BCUT2D eigenvalue weighted by molar-refractivity contribution is 7.09. The monoisotopic (exact) mass is 281 g/mol. The lowest BCUT2D eigenvalue weighted by Crippen LogP contribution is -2.50. The normalized spacial score (nSPS) is 25.0. The number of carbonyl (C=O) groups excluding carboxylic acids is 1. The maximum atomic E-state index is 12.6. The number of hydrogen-bond acceptors (Lipinski definition) is 4. The van der Waals surface area contributed by atoms with E-state index >= 15 is 0 Å². The highest BCUT2D eigenvalue weighted by atomic mass is 32.1. The number of piperidine rings is 1. The molecule has 2 atom stereocenters. The molecule has 2 rings (SSSR count). The summed E-state index contributed by atoms with van der Waals surface area (Å²) in [5.74, 6) is 0.169. The Labute approximate surface area is 119 Å². The van der Waals surface area contributed by atoms with Crippen LogP contribution in [0.3, 0.4) is 0 Å². The zero-order valence-corrected chi connectivity index (χ0v) is 12.8. The number of hydrogen-bond donors (Lipinski definition) is 2. The van der Waals surface area contributed by atoms with Gasteiger partial charge in [-0.3, -0.25) is 4.79 Å². The Bertz CT molecular complexity index is 438. The van der Waals surface area contributed by atoms with Gasteiger partial charge in [0.2, 0.25) is 5.91 Å². The highest BCUT2D eigenvalue weighted by Gasteiger charge is 2.38. The minimum atomic E-state index is -0.237. The van der Waals surface area contributed by atoms with Crippen LogP contribution in [0.1, 0.15) is 49.9 Å². The lowest BCUT2D eigenvalue weighted by atomic mass is 9.77.